The zero-order valence-electron chi connectivity index (χ0n) is 13.2. The number of hydrogen-bond donors (Lipinski definition) is 0. The fourth-order valence-corrected chi connectivity index (χ4v) is 2.45. The third-order valence-electron chi connectivity index (χ3n) is 4.02. The number of aromatic nitrogens is 2. The Bertz CT molecular complexity index is 727. The highest BCUT2D eigenvalue weighted by Gasteiger charge is 2.43. The van der Waals surface area contributed by atoms with Gasteiger partial charge in [0.1, 0.15) is 11.4 Å². The molecule has 0 atom stereocenters. The molecule has 3 rings (SSSR count). The lowest BCUT2D eigenvalue weighted by molar-refractivity contribution is 0.0738. The zero-order valence-corrected chi connectivity index (χ0v) is 13.2. The molecule has 23 heavy (non-hydrogen) atoms. The summed E-state index contributed by atoms with van der Waals surface area (Å²) in [6.07, 6.45) is 5.44. The molecule has 2 aromatic rings. The summed E-state index contributed by atoms with van der Waals surface area (Å²) in [5.41, 5.74) is 1.18. The average Bonchev–Trinajstić information content (AvgIpc) is 3.39. The molecule has 0 saturated heterocycles. The smallest absolute Gasteiger partial charge is 0.272 e. The largest absolute Gasteiger partial charge is 0.336 e. The number of amides is 1. The second-order valence-corrected chi connectivity index (χ2v) is 5.78. The van der Waals surface area contributed by atoms with Gasteiger partial charge in [-0.05, 0) is 50.0 Å². The second-order valence-electron chi connectivity index (χ2n) is 5.78. The van der Waals surface area contributed by atoms with Gasteiger partial charge >= 0.3 is 0 Å². The molecule has 0 aliphatic heterocycles. The van der Waals surface area contributed by atoms with E-state index in [-0.39, 0.29) is 11.3 Å². The van der Waals surface area contributed by atoms with Crippen LogP contribution in [0.1, 0.15) is 35.9 Å². The van der Waals surface area contributed by atoms with Gasteiger partial charge in [-0.2, -0.15) is 0 Å². The molecule has 1 saturated carbocycles. The molecular formula is C19H19N3O. The van der Waals surface area contributed by atoms with Gasteiger partial charge in [0, 0.05) is 30.9 Å². The molecule has 4 heteroatoms. The number of carbonyl (C=O) groups is 1. The Balaban J connectivity index is 1.72. The minimum atomic E-state index is -0.0853. The third kappa shape index (κ3) is 3.75. The first-order chi connectivity index (χ1) is 11.2. The molecule has 0 N–H and O–H groups in total. The minimum absolute atomic E-state index is 0.0287. The predicted molar refractivity (Wildman–Crippen MR) is 88.6 cm³/mol. The summed E-state index contributed by atoms with van der Waals surface area (Å²) in [5.74, 6) is 6.44. The Morgan fingerprint density at radius 3 is 2.48 bits per heavy atom. The van der Waals surface area contributed by atoms with Crippen LogP contribution in [0.15, 0.2) is 48.8 Å². The van der Waals surface area contributed by atoms with Crippen molar-refractivity contribution >= 4 is 5.91 Å². The second kappa shape index (κ2) is 6.62. The topological polar surface area (TPSA) is 46.1 Å². The van der Waals surface area contributed by atoms with Crippen LogP contribution in [-0.4, -0.2) is 33.9 Å². The van der Waals surface area contributed by atoms with E-state index in [9.17, 15) is 4.79 Å². The lowest BCUT2D eigenvalue weighted by Crippen LogP contribution is -2.36. The molecule has 1 fully saturated rings. The van der Waals surface area contributed by atoms with E-state index in [0.717, 1.165) is 18.5 Å². The van der Waals surface area contributed by atoms with Crippen LogP contribution in [0.25, 0.3) is 0 Å². The van der Waals surface area contributed by atoms with Crippen molar-refractivity contribution in [1.82, 2.24) is 14.9 Å². The monoisotopic (exact) mass is 305 g/mol. The van der Waals surface area contributed by atoms with E-state index in [2.05, 4.69) is 21.8 Å². The van der Waals surface area contributed by atoms with Gasteiger partial charge in [-0.25, -0.2) is 4.98 Å². The van der Waals surface area contributed by atoms with E-state index in [1.807, 2.05) is 42.2 Å². The highest BCUT2D eigenvalue weighted by Crippen LogP contribution is 2.45. The van der Waals surface area contributed by atoms with Gasteiger partial charge in [0.05, 0.1) is 0 Å². The Kier molecular flexibility index (Phi) is 4.38. The maximum Gasteiger partial charge on any atom is 0.272 e. The van der Waals surface area contributed by atoms with E-state index in [0.29, 0.717) is 18.8 Å². The molecule has 4 nitrogen and oxygen atoms in total. The first kappa shape index (κ1) is 15.2. The molecule has 2 heterocycles. The molecule has 1 aliphatic carbocycles. The van der Waals surface area contributed by atoms with Crippen LogP contribution >= 0.6 is 0 Å². The van der Waals surface area contributed by atoms with Crippen molar-refractivity contribution in [2.45, 2.75) is 19.8 Å². The Morgan fingerprint density at radius 2 is 1.91 bits per heavy atom. The van der Waals surface area contributed by atoms with E-state index >= 15 is 0 Å². The van der Waals surface area contributed by atoms with Crippen molar-refractivity contribution in [2.75, 3.05) is 13.1 Å². The Labute approximate surface area is 136 Å². The normalized spacial score (nSPS) is 14.5. The summed E-state index contributed by atoms with van der Waals surface area (Å²) < 4.78 is 0. The fraction of sp³-hybridized carbons (Fsp3) is 0.316. The Morgan fingerprint density at radius 1 is 1.17 bits per heavy atom. The maximum atomic E-state index is 12.6. The van der Waals surface area contributed by atoms with Crippen LogP contribution in [-0.2, 0) is 0 Å². The van der Waals surface area contributed by atoms with E-state index < -0.39 is 0 Å². The molecule has 1 aliphatic rings. The molecule has 116 valence electrons. The average molecular weight is 305 g/mol. The number of pyridine rings is 2. The third-order valence-corrected chi connectivity index (χ3v) is 4.02. The molecule has 2 aromatic heterocycles. The van der Waals surface area contributed by atoms with Gasteiger partial charge in [0.15, 0.2) is 0 Å². The van der Waals surface area contributed by atoms with Crippen LogP contribution in [0, 0.1) is 17.3 Å². The number of carbonyl (C=O) groups excluding carboxylic acids is 1. The van der Waals surface area contributed by atoms with Crippen LogP contribution < -0.4 is 0 Å². The first-order valence-electron chi connectivity index (χ1n) is 7.87. The van der Waals surface area contributed by atoms with Gasteiger partial charge < -0.3 is 4.90 Å². The van der Waals surface area contributed by atoms with Gasteiger partial charge in [0.25, 0.3) is 5.91 Å². The number of nitrogens with zero attached hydrogens (tertiary/aromatic N) is 3. The van der Waals surface area contributed by atoms with Gasteiger partial charge in [-0.15, -0.1) is 0 Å². The summed E-state index contributed by atoms with van der Waals surface area (Å²) in [4.78, 5) is 22.8. The quantitative estimate of drug-likeness (QED) is 0.816. The van der Waals surface area contributed by atoms with Crippen molar-refractivity contribution in [3.05, 3.63) is 60.2 Å². The Hall–Kier alpha value is -2.67. The highest BCUT2D eigenvalue weighted by atomic mass is 16.2. The molecule has 0 bridgehead atoms. The minimum Gasteiger partial charge on any atom is -0.336 e. The molecule has 0 radical (unpaired) electrons. The van der Waals surface area contributed by atoms with Gasteiger partial charge in [-0.1, -0.05) is 18.1 Å². The van der Waals surface area contributed by atoms with E-state index in [4.69, 9.17) is 0 Å². The first-order valence-corrected chi connectivity index (χ1v) is 7.87. The summed E-state index contributed by atoms with van der Waals surface area (Å²) in [6.45, 7) is 3.30. The SMILES string of the molecule is CCN(CC1(C#Cc2ccccn2)CC1)C(=O)c1ccccn1. The molecular weight excluding hydrogens is 286 g/mol. The van der Waals surface area contributed by atoms with Crippen LogP contribution in [0.3, 0.4) is 0 Å². The van der Waals surface area contributed by atoms with Crippen molar-refractivity contribution in [2.24, 2.45) is 5.41 Å². The summed E-state index contributed by atoms with van der Waals surface area (Å²) in [5, 5.41) is 0. The van der Waals surface area contributed by atoms with Crippen LogP contribution in [0.2, 0.25) is 0 Å². The van der Waals surface area contributed by atoms with Crippen molar-refractivity contribution < 1.29 is 4.79 Å². The van der Waals surface area contributed by atoms with Crippen LogP contribution in [0.4, 0.5) is 0 Å². The molecule has 0 aromatic carbocycles. The van der Waals surface area contributed by atoms with E-state index in [1.165, 1.54) is 0 Å². The molecule has 0 spiro atoms. The molecule has 0 unspecified atom stereocenters. The molecule has 1 amide bonds. The van der Waals surface area contributed by atoms with Crippen LogP contribution in [0.5, 0.6) is 0 Å². The standard InChI is InChI=1S/C19H19N3O/c1-2-22(18(23)17-8-4-6-14-21-17)15-19(11-12-19)10-9-16-7-3-5-13-20-16/h3-8,13-14H,2,11-12,15H2,1H3. The van der Waals surface area contributed by atoms with E-state index in [1.54, 1.807) is 18.5 Å². The lowest BCUT2D eigenvalue weighted by Gasteiger charge is -2.23. The van der Waals surface area contributed by atoms with Gasteiger partial charge in [-0.3, -0.25) is 9.78 Å². The van der Waals surface area contributed by atoms with Crippen molar-refractivity contribution in [3.63, 3.8) is 0 Å². The number of rotatable bonds is 4. The maximum absolute atomic E-state index is 12.6. The lowest BCUT2D eigenvalue weighted by atomic mass is 10.1. The summed E-state index contributed by atoms with van der Waals surface area (Å²) >= 11 is 0. The zero-order chi connectivity index (χ0) is 16.1. The highest BCUT2D eigenvalue weighted by molar-refractivity contribution is 5.92. The van der Waals surface area contributed by atoms with Gasteiger partial charge in [0.2, 0.25) is 0 Å². The predicted octanol–water partition coefficient (Wildman–Crippen LogP) is 2.77. The number of hydrogen-bond acceptors (Lipinski definition) is 3. The fourth-order valence-electron chi connectivity index (χ4n) is 2.45. The summed E-state index contributed by atoms with van der Waals surface area (Å²) in [6, 6.07) is 11.1. The van der Waals surface area contributed by atoms with Crippen molar-refractivity contribution in [1.29, 1.82) is 0 Å². The summed E-state index contributed by atoms with van der Waals surface area (Å²) in [7, 11) is 0. The van der Waals surface area contributed by atoms with Crippen molar-refractivity contribution in [3.8, 4) is 11.8 Å².